The SMILES string of the molecule is O=C(OCCCCON(O)O)N1CC=C(c2ccc(CCCOc3c(F)ccc(F)c3F)cc2)C(C(=O)N(Cc2cc(C(F)(F)F)ccc2Cl)C2CC2)C1. The fourth-order valence-corrected chi connectivity index (χ4v) is 6.19. The van der Waals surface area contributed by atoms with E-state index >= 15 is 0 Å². The normalized spacial score (nSPS) is 16.0. The van der Waals surface area contributed by atoms with E-state index in [2.05, 4.69) is 4.84 Å². The molecule has 2 amide bonds. The molecular weight excluding hydrogens is 748 g/mol. The van der Waals surface area contributed by atoms with Crippen LogP contribution in [0.15, 0.2) is 60.7 Å². The summed E-state index contributed by atoms with van der Waals surface area (Å²) in [5.74, 6) is -5.75. The van der Waals surface area contributed by atoms with Gasteiger partial charge in [-0.25, -0.2) is 13.6 Å². The molecule has 1 saturated carbocycles. The molecule has 1 unspecified atom stereocenters. The Morgan fingerprint density at radius 3 is 2.30 bits per heavy atom. The standard InChI is InChI=1S/C37H38ClF6N3O7/c38-30-12-9-26(37(42,43)44)20-25(30)21-46(27-10-11-27)35(48)29-22-45(36(49)53-17-1-2-19-54-47(50)51)16-15-28(29)24-7-5-23(6-8-24)4-3-18-52-34-32(40)14-13-31(39)33(34)41/h5-9,12-15,20,27,29,50-51H,1-4,10-11,16-19,21-22H2. The molecule has 0 spiro atoms. The average Bonchev–Trinajstić information content (AvgIpc) is 3.99. The summed E-state index contributed by atoms with van der Waals surface area (Å²) in [6.07, 6.45) is -0.810. The zero-order chi connectivity index (χ0) is 39.0. The Hall–Kier alpha value is -4.35. The zero-order valence-corrected chi connectivity index (χ0v) is 29.6. The van der Waals surface area contributed by atoms with Gasteiger partial charge in [0.2, 0.25) is 11.7 Å². The van der Waals surface area contributed by atoms with Gasteiger partial charge in [0.15, 0.2) is 17.4 Å². The van der Waals surface area contributed by atoms with Gasteiger partial charge in [-0.1, -0.05) is 41.9 Å². The van der Waals surface area contributed by atoms with Crippen molar-refractivity contribution in [1.29, 1.82) is 0 Å². The van der Waals surface area contributed by atoms with Crippen molar-refractivity contribution < 1.29 is 60.7 Å². The van der Waals surface area contributed by atoms with Gasteiger partial charge in [-0.05, 0) is 91.1 Å². The molecule has 0 aromatic heterocycles. The van der Waals surface area contributed by atoms with Crippen LogP contribution in [0.4, 0.5) is 31.1 Å². The Bertz CT molecular complexity index is 1810. The van der Waals surface area contributed by atoms with E-state index in [1.54, 1.807) is 30.3 Å². The van der Waals surface area contributed by atoms with E-state index in [4.69, 9.17) is 31.5 Å². The first kappa shape index (κ1) is 40.8. The van der Waals surface area contributed by atoms with Gasteiger partial charge in [-0.2, -0.15) is 17.6 Å². The number of benzene rings is 3. The quantitative estimate of drug-likeness (QED) is 0.0647. The number of aryl methyl sites for hydroxylation is 1. The lowest BCUT2D eigenvalue weighted by Gasteiger charge is -2.35. The van der Waals surface area contributed by atoms with Crippen LogP contribution in [-0.2, 0) is 33.5 Å². The van der Waals surface area contributed by atoms with E-state index in [0.717, 1.165) is 29.8 Å². The van der Waals surface area contributed by atoms with Crippen molar-refractivity contribution in [3.8, 4) is 5.75 Å². The van der Waals surface area contributed by atoms with Gasteiger partial charge in [0.25, 0.3) is 0 Å². The summed E-state index contributed by atoms with van der Waals surface area (Å²) in [4.78, 5) is 34.9. The molecule has 5 rings (SSSR count). The molecule has 0 bridgehead atoms. The topological polar surface area (TPSA) is 112 Å². The number of ether oxygens (including phenoxy) is 2. The number of carbonyl (C=O) groups is 2. The molecule has 0 radical (unpaired) electrons. The van der Waals surface area contributed by atoms with Crippen LogP contribution >= 0.6 is 11.6 Å². The monoisotopic (exact) mass is 785 g/mol. The molecule has 3 aromatic rings. The van der Waals surface area contributed by atoms with Crippen molar-refractivity contribution in [1.82, 2.24) is 15.2 Å². The molecule has 1 aliphatic heterocycles. The Labute approximate surface area is 311 Å². The summed E-state index contributed by atoms with van der Waals surface area (Å²) in [6.45, 7) is -0.289. The van der Waals surface area contributed by atoms with Gasteiger partial charge in [-0.15, -0.1) is 0 Å². The third kappa shape index (κ3) is 10.9. The number of nitrogens with zero attached hydrogens (tertiary/aromatic N) is 3. The van der Waals surface area contributed by atoms with Crippen LogP contribution in [0.1, 0.15) is 54.4 Å². The van der Waals surface area contributed by atoms with Crippen LogP contribution in [0.5, 0.6) is 5.75 Å². The van der Waals surface area contributed by atoms with Crippen LogP contribution in [0.3, 0.4) is 0 Å². The van der Waals surface area contributed by atoms with E-state index < -0.39 is 58.2 Å². The lowest BCUT2D eigenvalue weighted by atomic mass is 9.87. The highest BCUT2D eigenvalue weighted by atomic mass is 35.5. The second-order valence-corrected chi connectivity index (χ2v) is 13.3. The number of rotatable bonds is 16. The number of hydrogen-bond donors (Lipinski definition) is 2. The largest absolute Gasteiger partial charge is 0.488 e. The average molecular weight is 786 g/mol. The summed E-state index contributed by atoms with van der Waals surface area (Å²) < 4.78 is 92.6. The van der Waals surface area contributed by atoms with Crippen molar-refractivity contribution >= 4 is 29.2 Å². The van der Waals surface area contributed by atoms with Gasteiger partial charge in [0.1, 0.15) is 0 Å². The van der Waals surface area contributed by atoms with Crippen molar-refractivity contribution in [3.05, 3.63) is 105 Å². The maximum absolute atomic E-state index is 14.4. The predicted octanol–water partition coefficient (Wildman–Crippen LogP) is 8.22. The van der Waals surface area contributed by atoms with E-state index in [0.29, 0.717) is 55.7 Å². The molecule has 0 saturated heterocycles. The lowest BCUT2D eigenvalue weighted by Crippen LogP contribution is -2.47. The van der Waals surface area contributed by atoms with E-state index in [1.807, 2.05) is 0 Å². The maximum Gasteiger partial charge on any atom is 0.416 e. The first-order chi connectivity index (χ1) is 25.7. The molecule has 2 aliphatic rings. The molecule has 10 nitrogen and oxygen atoms in total. The van der Waals surface area contributed by atoms with Gasteiger partial charge in [0.05, 0.1) is 36.7 Å². The van der Waals surface area contributed by atoms with Crippen LogP contribution in [0.25, 0.3) is 5.57 Å². The van der Waals surface area contributed by atoms with E-state index in [1.165, 1.54) is 9.80 Å². The maximum atomic E-state index is 14.4. The highest BCUT2D eigenvalue weighted by Crippen LogP contribution is 2.38. The zero-order valence-electron chi connectivity index (χ0n) is 28.8. The number of hydrogen-bond acceptors (Lipinski definition) is 8. The number of halogens is 7. The number of alkyl halides is 3. The molecule has 54 heavy (non-hydrogen) atoms. The fraction of sp³-hybridized carbons (Fsp3) is 0.405. The minimum Gasteiger partial charge on any atom is -0.488 e. The van der Waals surface area contributed by atoms with Crippen LogP contribution in [0, 0.1) is 23.4 Å². The second kappa shape index (κ2) is 18.3. The molecule has 1 aliphatic carbocycles. The Morgan fingerprint density at radius 1 is 0.907 bits per heavy atom. The Kier molecular flexibility index (Phi) is 13.9. The molecule has 2 N–H and O–H groups in total. The molecule has 17 heteroatoms. The van der Waals surface area contributed by atoms with Crippen LogP contribution < -0.4 is 4.74 Å². The highest BCUT2D eigenvalue weighted by Gasteiger charge is 2.41. The first-order valence-electron chi connectivity index (χ1n) is 17.2. The molecule has 1 heterocycles. The van der Waals surface area contributed by atoms with Crippen LogP contribution in [-0.4, -0.2) is 76.6 Å². The molecule has 292 valence electrons. The minimum atomic E-state index is -4.62. The molecule has 3 aromatic carbocycles. The minimum absolute atomic E-state index is 0.00834. The predicted molar refractivity (Wildman–Crippen MR) is 182 cm³/mol. The van der Waals surface area contributed by atoms with Gasteiger partial charge in [0, 0.05) is 30.7 Å². The highest BCUT2D eigenvalue weighted by molar-refractivity contribution is 6.31. The number of unbranched alkanes of at least 4 members (excludes halogenated alkanes) is 1. The smallest absolute Gasteiger partial charge is 0.416 e. The number of amides is 2. The Morgan fingerprint density at radius 2 is 1.61 bits per heavy atom. The summed E-state index contributed by atoms with van der Waals surface area (Å²) in [5.41, 5.74) is 1.34. The summed E-state index contributed by atoms with van der Waals surface area (Å²) >= 11 is 6.33. The molecule has 1 fully saturated rings. The Balaban J connectivity index is 1.31. The third-order valence-electron chi connectivity index (χ3n) is 8.97. The molecule has 1 atom stereocenters. The third-order valence-corrected chi connectivity index (χ3v) is 9.34. The summed E-state index contributed by atoms with van der Waals surface area (Å²) in [6, 6.07) is 11.4. The summed E-state index contributed by atoms with van der Waals surface area (Å²) in [5, 5.41) is 16.9. The van der Waals surface area contributed by atoms with E-state index in [-0.39, 0.29) is 56.1 Å². The second-order valence-electron chi connectivity index (χ2n) is 12.8. The summed E-state index contributed by atoms with van der Waals surface area (Å²) in [7, 11) is 0. The van der Waals surface area contributed by atoms with Crippen molar-refractivity contribution in [2.24, 2.45) is 5.92 Å². The van der Waals surface area contributed by atoms with Gasteiger partial charge in [-0.3, -0.25) is 20.0 Å². The van der Waals surface area contributed by atoms with Gasteiger partial charge >= 0.3 is 12.3 Å². The first-order valence-corrected chi connectivity index (χ1v) is 17.5. The van der Waals surface area contributed by atoms with Gasteiger partial charge < -0.3 is 19.3 Å². The number of carbonyl (C=O) groups excluding carboxylic acids is 2. The van der Waals surface area contributed by atoms with Crippen LogP contribution in [0.2, 0.25) is 5.02 Å². The molecular formula is C37H38ClF6N3O7. The van der Waals surface area contributed by atoms with Crippen molar-refractivity contribution in [3.63, 3.8) is 0 Å². The van der Waals surface area contributed by atoms with E-state index in [9.17, 15) is 35.9 Å². The fourth-order valence-electron chi connectivity index (χ4n) is 6.01. The van der Waals surface area contributed by atoms with Crippen molar-refractivity contribution in [2.45, 2.75) is 57.3 Å². The lowest BCUT2D eigenvalue weighted by molar-refractivity contribution is -0.492. The van der Waals surface area contributed by atoms with Crippen molar-refractivity contribution in [2.75, 3.05) is 32.9 Å².